The highest BCUT2D eigenvalue weighted by molar-refractivity contribution is 6.01. The molecule has 0 aromatic heterocycles. The fourth-order valence-corrected chi connectivity index (χ4v) is 5.35. The number of benzene rings is 2. The Balaban J connectivity index is 0.00000146. The maximum Gasteiger partial charge on any atom is 0.328 e. The van der Waals surface area contributed by atoms with Gasteiger partial charge in [0.2, 0.25) is 0 Å². The topological polar surface area (TPSA) is 237 Å². The number of nitro groups is 2. The van der Waals surface area contributed by atoms with Crippen molar-refractivity contribution in [2.45, 2.75) is 51.7 Å². The lowest BCUT2D eigenvalue weighted by molar-refractivity contribution is -0.385. The zero-order valence-electron chi connectivity index (χ0n) is 29.9. The molecule has 0 aliphatic carbocycles. The normalized spacial score (nSPS) is 15.9. The van der Waals surface area contributed by atoms with Crippen LogP contribution >= 0.6 is 0 Å². The molecule has 2 aromatic rings. The molecule has 0 radical (unpaired) electrons. The van der Waals surface area contributed by atoms with Crippen LogP contribution in [0.25, 0.3) is 0 Å². The molecule has 2 heterocycles. The van der Waals surface area contributed by atoms with Gasteiger partial charge in [0, 0.05) is 38.2 Å². The van der Waals surface area contributed by atoms with Crippen molar-refractivity contribution in [1.82, 2.24) is 9.80 Å². The summed E-state index contributed by atoms with van der Waals surface area (Å²) in [4.78, 5) is 72.2. The number of hydrogen-bond acceptors (Lipinski definition) is 15. The van der Waals surface area contributed by atoms with Crippen LogP contribution in [0.1, 0.15) is 60.2 Å². The quantitative estimate of drug-likeness (QED) is 0.0964. The van der Waals surface area contributed by atoms with Crippen LogP contribution < -0.4 is 18.9 Å². The lowest BCUT2D eigenvalue weighted by atomic mass is 10.1. The molecule has 2 saturated heterocycles. The van der Waals surface area contributed by atoms with Crippen LogP contribution in [0.15, 0.2) is 24.3 Å². The minimum Gasteiger partial charge on any atom is -0.493 e. The third-order valence-corrected chi connectivity index (χ3v) is 7.76. The van der Waals surface area contributed by atoms with Crippen molar-refractivity contribution >= 4 is 35.6 Å². The van der Waals surface area contributed by atoms with Crippen molar-refractivity contribution in [3.63, 3.8) is 0 Å². The molecule has 19 heteroatoms. The van der Waals surface area contributed by atoms with Gasteiger partial charge in [0.15, 0.2) is 23.0 Å². The first kappa shape index (κ1) is 42.4. The summed E-state index contributed by atoms with van der Waals surface area (Å²) in [5.74, 6) is -1.81. The van der Waals surface area contributed by atoms with Crippen molar-refractivity contribution in [3.8, 4) is 23.0 Å². The minimum absolute atomic E-state index is 0.00969. The zero-order valence-corrected chi connectivity index (χ0v) is 29.9. The van der Waals surface area contributed by atoms with E-state index in [0.717, 1.165) is 12.1 Å². The molecule has 52 heavy (non-hydrogen) atoms. The maximum absolute atomic E-state index is 13.3. The lowest BCUT2D eigenvalue weighted by Gasteiger charge is -2.23. The van der Waals surface area contributed by atoms with Crippen molar-refractivity contribution < 1.29 is 62.6 Å². The van der Waals surface area contributed by atoms with Crippen molar-refractivity contribution in [1.29, 1.82) is 0 Å². The van der Waals surface area contributed by atoms with Gasteiger partial charge in [0.1, 0.15) is 17.2 Å². The summed E-state index contributed by atoms with van der Waals surface area (Å²) in [5, 5.41) is 33.5. The van der Waals surface area contributed by atoms with E-state index in [1.54, 1.807) is 0 Å². The number of carbonyl (C=O) groups is 4. The maximum atomic E-state index is 13.3. The number of likely N-dealkylation sites (tertiary alicyclic amines) is 2. The van der Waals surface area contributed by atoms with Crippen LogP contribution in [0.5, 0.6) is 23.0 Å². The number of β-amino-alcohol motifs (C(OH)–C–C–N with tert-alkyl or cyclic N) is 1. The van der Waals surface area contributed by atoms with Gasteiger partial charge >= 0.3 is 5.97 Å². The molecule has 2 unspecified atom stereocenters. The fraction of sp³-hybridized carbons (Fsp3) is 0.515. The van der Waals surface area contributed by atoms with Crippen LogP contribution in [-0.2, 0) is 19.1 Å². The number of esters is 1. The summed E-state index contributed by atoms with van der Waals surface area (Å²) in [7, 11) is 5.14. The predicted molar refractivity (Wildman–Crippen MR) is 182 cm³/mol. The first-order chi connectivity index (χ1) is 24.9. The lowest BCUT2D eigenvalue weighted by Crippen LogP contribution is -2.41. The molecular weight excluding hydrogens is 692 g/mol. The summed E-state index contributed by atoms with van der Waals surface area (Å²) in [6.45, 7) is 4.88. The number of nitrogens with zero attached hydrogens (tertiary/aromatic N) is 4. The van der Waals surface area contributed by atoms with E-state index in [1.165, 1.54) is 50.4 Å². The number of ether oxygens (including phenoxy) is 6. The molecule has 4 rings (SSSR count). The van der Waals surface area contributed by atoms with Gasteiger partial charge in [-0.15, -0.1) is 0 Å². The summed E-state index contributed by atoms with van der Waals surface area (Å²) in [6.07, 6.45) is 0.784. The van der Waals surface area contributed by atoms with Crippen molar-refractivity contribution in [2.75, 3.05) is 61.3 Å². The fourth-order valence-electron chi connectivity index (χ4n) is 5.35. The number of aliphatic hydroxyl groups excluding tert-OH is 1. The summed E-state index contributed by atoms with van der Waals surface area (Å²) in [5.41, 5.74) is -1.50. The molecule has 0 saturated carbocycles. The number of rotatable bonds is 14. The predicted octanol–water partition coefficient (Wildman–Crippen LogP) is 3.17. The second-order valence-electron chi connectivity index (χ2n) is 10.8. The highest BCUT2D eigenvalue weighted by atomic mass is 16.6. The largest absolute Gasteiger partial charge is 0.493 e. The van der Waals surface area contributed by atoms with Gasteiger partial charge < -0.3 is 43.3 Å². The molecule has 2 aliphatic rings. The Hall–Kier alpha value is -5.72. The summed E-state index contributed by atoms with van der Waals surface area (Å²) >= 11 is 0. The molecule has 2 amide bonds. The average Bonchev–Trinajstić information content (AvgIpc) is 3.83. The molecular formula is C33H44N4O15. The average molecular weight is 737 g/mol. The Labute approximate surface area is 299 Å². The third-order valence-electron chi connectivity index (χ3n) is 7.76. The van der Waals surface area contributed by atoms with Gasteiger partial charge in [-0.1, -0.05) is 13.8 Å². The Bertz CT molecular complexity index is 1580. The van der Waals surface area contributed by atoms with Gasteiger partial charge in [0.25, 0.3) is 29.7 Å². The van der Waals surface area contributed by atoms with E-state index >= 15 is 0 Å². The van der Waals surface area contributed by atoms with Gasteiger partial charge in [0.05, 0.1) is 69.7 Å². The monoisotopic (exact) mass is 736 g/mol. The van der Waals surface area contributed by atoms with Crippen LogP contribution in [-0.4, -0.2) is 122 Å². The van der Waals surface area contributed by atoms with Crippen LogP contribution in [0.2, 0.25) is 0 Å². The van der Waals surface area contributed by atoms with Crippen LogP contribution in [0.3, 0.4) is 0 Å². The Morgan fingerprint density at radius 1 is 0.827 bits per heavy atom. The van der Waals surface area contributed by atoms with Gasteiger partial charge in [-0.25, -0.2) is 4.79 Å². The van der Waals surface area contributed by atoms with E-state index < -0.39 is 51.2 Å². The van der Waals surface area contributed by atoms with E-state index in [9.17, 15) is 39.7 Å². The summed E-state index contributed by atoms with van der Waals surface area (Å²) in [6, 6.07) is 3.72. The first-order valence-corrected chi connectivity index (χ1v) is 16.2. The molecule has 2 aromatic carbocycles. The number of hydrogen-bond donors (Lipinski definition) is 1. The van der Waals surface area contributed by atoms with Gasteiger partial charge in [-0.2, -0.15) is 0 Å². The first-order valence-electron chi connectivity index (χ1n) is 16.2. The van der Waals surface area contributed by atoms with E-state index in [4.69, 9.17) is 28.5 Å². The van der Waals surface area contributed by atoms with E-state index in [1.807, 2.05) is 13.8 Å². The number of aliphatic hydroxyl groups is 1. The van der Waals surface area contributed by atoms with E-state index in [-0.39, 0.29) is 73.4 Å². The van der Waals surface area contributed by atoms with Gasteiger partial charge in [-0.05, 0) is 19.3 Å². The number of carbonyl (C=O) groups excluding carboxylic acids is 4. The van der Waals surface area contributed by atoms with Gasteiger partial charge in [-0.3, -0.25) is 34.6 Å². The Morgan fingerprint density at radius 2 is 1.33 bits per heavy atom. The molecule has 1 N–H and O–H groups in total. The highest BCUT2D eigenvalue weighted by Crippen LogP contribution is 2.38. The molecule has 0 spiro atoms. The molecule has 2 atom stereocenters. The highest BCUT2D eigenvalue weighted by Gasteiger charge is 2.38. The molecule has 19 nitrogen and oxygen atoms in total. The SMILES string of the molecule is CC.COC(=O)C1CCCN1C(=O)c1cc(OC)c(OCCCOc2cc([N+](=O)[O-])c(C(=O)N3CCC(O)C3)cc2OC)cc1[N+](=O)[O-].COC=O. The van der Waals surface area contributed by atoms with E-state index in [0.29, 0.717) is 25.7 Å². The van der Waals surface area contributed by atoms with Crippen LogP contribution in [0, 0.1) is 20.2 Å². The van der Waals surface area contributed by atoms with Crippen molar-refractivity contribution in [2.24, 2.45) is 0 Å². The second kappa shape index (κ2) is 20.8. The van der Waals surface area contributed by atoms with Crippen LogP contribution in [0.4, 0.5) is 11.4 Å². The minimum atomic E-state index is -0.852. The standard InChI is InChI=1S/C29H34N4O13.C2H4O2.C2H6/c1-42-23-12-18(27(35)30-9-7-17(34)16-30)21(32(38)39)14-25(23)45-10-5-11-46-26-15-22(33(40)41)19(13-24(26)43-2)28(36)31-8-4-6-20(31)29(37)44-3;1-4-2-3;1-2/h12-15,17,20,34H,4-11,16H2,1-3H3;2H,1H3;1-2H3. The Morgan fingerprint density at radius 3 is 1.73 bits per heavy atom. The van der Waals surface area contributed by atoms with E-state index in [2.05, 4.69) is 4.74 Å². The third kappa shape index (κ3) is 10.6. The zero-order chi connectivity index (χ0) is 39.0. The molecule has 286 valence electrons. The molecule has 2 fully saturated rings. The second-order valence-corrected chi connectivity index (χ2v) is 10.8. The molecule has 0 bridgehead atoms. The summed E-state index contributed by atoms with van der Waals surface area (Å²) < 4.78 is 30.7. The van der Waals surface area contributed by atoms with Crippen molar-refractivity contribution in [3.05, 3.63) is 55.6 Å². The molecule has 2 aliphatic heterocycles. The smallest absolute Gasteiger partial charge is 0.328 e. The number of nitro benzene ring substituents is 2. The Kier molecular flexibility index (Phi) is 17.0. The number of amides is 2. The number of methoxy groups -OCH3 is 4.